The van der Waals surface area contributed by atoms with Crippen molar-refractivity contribution in [3.8, 4) is 17.2 Å². The van der Waals surface area contributed by atoms with Crippen LogP contribution in [-0.4, -0.2) is 40.3 Å². The average molecular weight is 499 g/mol. The Morgan fingerprint density at radius 1 is 0.971 bits per heavy atom. The van der Waals surface area contributed by atoms with Crippen LogP contribution in [0.4, 0.5) is 11.4 Å². The molecular formula is C24H22N2O8S. The molecule has 0 saturated carbocycles. The van der Waals surface area contributed by atoms with Crippen molar-refractivity contribution < 1.29 is 37.0 Å². The van der Waals surface area contributed by atoms with Gasteiger partial charge >= 0.3 is 5.97 Å². The number of anilines is 2. The molecule has 182 valence electrons. The summed E-state index contributed by atoms with van der Waals surface area (Å²) in [4.78, 5) is 25.0. The molecule has 1 atom stereocenters. The quantitative estimate of drug-likeness (QED) is 0.452. The summed E-state index contributed by atoms with van der Waals surface area (Å²) in [6, 6.07) is 16.7. The molecule has 1 aliphatic rings. The van der Waals surface area contributed by atoms with E-state index in [1.54, 1.807) is 42.5 Å². The zero-order valence-electron chi connectivity index (χ0n) is 18.8. The zero-order chi connectivity index (χ0) is 25.0. The van der Waals surface area contributed by atoms with Crippen LogP contribution >= 0.6 is 0 Å². The van der Waals surface area contributed by atoms with Gasteiger partial charge in [-0.25, -0.2) is 13.2 Å². The van der Waals surface area contributed by atoms with E-state index in [1.807, 2.05) is 0 Å². The van der Waals surface area contributed by atoms with Crippen LogP contribution in [0.25, 0.3) is 0 Å². The lowest BCUT2D eigenvalue weighted by molar-refractivity contribution is -0.123. The first-order valence-corrected chi connectivity index (χ1v) is 11.9. The molecule has 4 rings (SSSR count). The van der Waals surface area contributed by atoms with E-state index < -0.39 is 28.0 Å². The Labute approximate surface area is 201 Å². The minimum Gasteiger partial charge on any atom is -0.495 e. The van der Waals surface area contributed by atoms with Gasteiger partial charge in [-0.3, -0.25) is 9.52 Å². The summed E-state index contributed by atoms with van der Waals surface area (Å²) in [5.74, 6) is -0.0230. The summed E-state index contributed by atoms with van der Waals surface area (Å²) < 4.78 is 49.1. The van der Waals surface area contributed by atoms with E-state index in [1.165, 1.54) is 38.3 Å². The summed E-state index contributed by atoms with van der Waals surface area (Å²) in [5, 5.41) is 2.63. The number of ether oxygens (including phenoxy) is 4. The van der Waals surface area contributed by atoms with Crippen LogP contribution in [-0.2, 0) is 19.6 Å². The third kappa shape index (κ3) is 5.46. The van der Waals surface area contributed by atoms with Gasteiger partial charge in [0, 0.05) is 11.8 Å². The number of esters is 1. The van der Waals surface area contributed by atoms with Gasteiger partial charge in [0.2, 0.25) is 6.79 Å². The van der Waals surface area contributed by atoms with Gasteiger partial charge in [-0.05, 0) is 49.4 Å². The molecule has 0 unspecified atom stereocenters. The Bertz CT molecular complexity index is 1370. The van der Waals surface area contributed by atoms with Crippen molar-refractivity contribution in [1.29, 1.82) is 0 Å². The number of amides is 1. The van der Waals surface area contributed by atoms with Crippen LogP contribution in [0.15, 0.2) is 71.6 Å². The van der Waals surface area contributed by atoms with Crippen molar-refractivity contribution in [2.24, 2.45) is 0 Å². The molecule has 3 aromatic rings. The maximum atomic E-state index is 12.9. The van der Waals surface area contributed by atoms with E-state index in [0.717, 1.165) is 0 Å². The SMILES string of the molecule is COc1ccccc1NS(=O)(=O)c1cccc(C(=O)O[C@@H](C)C(=O)Nc2ccc3c(c2)OCO3)c1. The maximum Gasteiger partial charge on any atom is 0.338 e. The number of carbonyl (C=O) groups is 2. The number of methoxy groups -OCH3 is 1. The van der Waals surface area contributed by atoms with Gasteiger partial charge in [0.25, 0.3) is 15.9 Å². The summed E-state index contributed by atoms with van der Waals surface area (Å²) in [7, 11) is -2.61. The molecular weight excluding hydrogens is 476 g/mol. The van der Waals surface area contributed by atoms with E-state index in [2.05, 4.69) is 10.0 Å². The Hall–Kier alpha value is -4.25. The molecule has 0 spiro atoms. The van der Waals surface area contributed by atoms with E-state index in [9.17, 15) is 18.0 Å². The number of benzene rings is 3. The monoisotopic (exact) mass is 498 g/mol. The fourth-order valence-electron chi connectivity index (χ4n) is 3.22. The maximum absolute atomic E-state index is 12.9. The Morgan fingerprint density at radius 3 is 2.54 bits per heavy atom. The van der Waals surface area contributed by atoms with Crippen LogP contribution in [0.5, 0.6) is 17.2 Å². The predicted octanol–water partition coefficient (Wildman–Crippen LogP) is 3.41. The summed E-state index contributed by atoms with van der Waals surface area (Å²) in [6.45, 7) is 1.51. The Balaban J connectivity index is 1.43. The van der Waals surface area contributed by atoms with Crippen molar-refractivity contribution in [2.45, 2.75) is 17.9 Å². The minimum atomic E-state index is -4.03. The summed E-state index contributed by atoms with van der Waals surface area (Å²) >= 11 is 0. The van der Waals surface area contributed by atoms with Crippen molar-refractivity contribution >= 4 is 33.3 Å². The number of hydrogen-bond acceptors (Lipinski definition) is 8. The molecule has 1 heterocycles. The predicted molar refractivity (Wildman–Crippen MR) is 126 cm³/mol. The highest BCUT2D eigenvalue weighted by atomic mass is 32.2. The molecule has 0 aromatic heterocycles. The average Bonchev–Trinajstić information content (AvgIpc) is 3.32. The number of nitrogens with one attached hydrogen (secondary N) is 2. The minimum absolute atomic E-state index is 0.0318. The molecule has 2 N–H and O–H groups in total. The first-order chi connectivity index (χ1) is 16.8. The lowest BCUT2D eigenvalue weighted by Crippen LogP contribution is -2.30. The fourth-order valence-corrected chi connectivity index (χ4v) is 4.34. The number of rotatable bonds is 8. The molecule has 35 heavy (non-hydrogen) atoms. The third-order valence-corrected chi connectivity index (χ3v) is 6.39. The van der Waals surface area contributed by atoms with Crippen molar-refractivity contribution in [3.05, 3.63) is 72.3 Å². The number of hydrogen-bond donors (Lipinski definition) is 2. The molecule has 11 heteroatoms. The normalized spacial score (nSPS) is 13.0. The number of para-hydroxylation sites is 2. The fraction of sp³-hybridized carbons (Fsp3) is 0.167. The molecule has 0 fully saturated rings. The van der Waals surface area contributed by atoms with Gasteiger partial charge in [-0.15, -0.1) is 0 Å². The lowest BCUT2D eigenvalue weighted by atomic mass is 10.2. The van der Waals surface area contributed by atoms with Gasteiger partial charge < -0.3 is 24.3 Å². The highest BCUT2D eigenvalue weighted by molar-refractivity contribution is 7.92. The summed E-state index contributed by atoms with van der Waals surface area (Å²) in [5.41, 5.74) is 0.657. The molecule has 10 nitrogen and oxygen atoms in total. The molecule has 3 aromatic carbocycles. The van der Waals surface area contributed by atoms with Gasteiger partial charge in [0.05, 0.1) is 23.3 Å². The van der Waals surface area contributed by atoms with Gasteiger partial charge in [-0.1, -0.05) is 18.2 Å². The number of sulfonamides is 1. The lowest BCUT2D eigenvalue weighted by Gasteiger charge is -2.15. The highest BCUT2D eigenvalue weighted by Gasteiger charge is 2.23. The first-order valence-electron chi connectivity index (χ1n) is 10.4. The second kappa shape index (κ2) is 9.94. The Morgan fingerprint density at radius 2 is 1.74 bits per heavy atom. The molecule has 1 amide bonds. The number of fused-ring (bicyclic) bond motifs is 1. The molecule has 0 bridgehead atoms. The standard InChI is InChI=1S/C24H22N2O8S/c1-15(23(27)25-17-10-11-21-22(13-17)33-14-32-21)34-24(28)16-6-5-7-18(12-16)35(29,30)26-19-8-3-4-9-20(19)31-2/h3-13,15,26H,14H2,1-2H3,(H,25,27)/t15-/m0/s1. The zero-order valence-corrected chi connectivity index (χ0v) is 19.6. The second-order valence-electron chi connectivity index (χ2n) is 7.44. The summed E-state index contributed by atoms with van der Waals surface area (Å²) in [6.07, 6.45) is -1.15. The molecule has 0 aliphatic carbocycles. The topological polar surface area (TPSA) is 129 Å². The van der Waals surface area contributed by atoms with Gasteiger partial charge in [0.1, 0.15) is 5.75 Å². The Kier molecular flexibility index (Phi) is 6.78. The van der Waals surface area contributed by atoms with Gasteiger partial charge in [0.15, 0.2) is 17.6 Å². The van der Waals surface area contributed by atoms with Gasteiger partial charge in [-0.2, -0.15) is 0 Å². The van der Waals surface area contributed by atoms with Crippen LogP contribution in [0.2, 0.25) is 0 Å². The smallest absolute Gasteiger partial charge is 0.338 e. The van der Waals surface area contributed by atoms with Crippen LogP contribution in [0.1, 0.15) is 17.3 Å². The largest absolute Gasteiger partial charge is 0.495 e. The molecule has 0 radical (unpaired) electrons. The van der Waals surface area contributed by atoms with Crippen molar-refractivity contribution in [3.63, 3.8) is 0 Å². The second-order valence-corrected chi connectivity index (χ2v) is 9.12. The van der Waals surface area contributed by atoms with E-state index >= 15 is 0 Å². The highest BCUT2D eigenvalue weighted by Crippen LogP contribution is 2.34. The van der Waals surface area contributed by atoms with Crippen LogP contribution < -0.4 is 24.2 Å². The van der Waals surface area contributed by atoms with Crippen LogP contribution in [0, 0.1) is 0 Å². The van der Waals surface area contributed by atoms with Crippen LogP contribution in [0.3, 0.4) is 0 Å². The van der Waals surface area contributed by atoms with E-state index in [0.29, 0.717) is 22.9 Å². The van der Waals surface area contributed by atoms with E-state index in [-0.39, 0.29) is 22.9 Å². The number of carbonyl (C=O) groups excluding carboxylic acids is 2. The first kappa shape index (κ1) is 23.9. The van der Waals surface area contributed by atoms with Crippen molar-refractivity contribution in [2.75, 3.05) is 23.9 Å². The third-order valence-electron chi connectivity index (χ3n) is 5.02. The van der Waals surface area contributed by atoms with Crippen molar-refractivity contribution in [1.82, 2.24) is 0 Å². The van der Waals surface area contributed by atoms with E-state index in [4.69, 9.17) is 18.9 Å². The molecule has 0 saturated heterocycles. The molecule has 1 aliphatic heterocycles.